The summed E-state index contributed by atoms with van der Waals surface area (Å²) in [6.07, 6.45) is 3.32. The Balaban J connectivity index is 2.15. The first-order valence-corrected chi connectivity index (χ1v) is 8.58. The average molecular weight is 323 g/mol. The first kappa shape index (κ1) is 16.7. The van der Waals surface area contributed by atoms with Gasteiger partial charge in [-0.25, -0.2) is 0 Å². The summed E-state index contributed by atoms with van der Waals surface area (Å²) in [5.41, 5.74) is 3.04. The van der Waals surface area contributed by atoms with E-state index in [1.807, 2.05) is 24.3 Å². The lowest BCUT2D eigenvalue weighted by Gasteiger charge is -2.48. The Morgan fingerprint density at radius 1 is 0.958 bits per heavy atom. The Bertz CT molecular complexity index is 719. The largest absolute Gasteiger partial charge is 0.508 e. The van der Waals surface area contributed by atoms with Crippen LogP contribution in [0.4, 0.5) is 5.69 Å². The molecule has 3 nitrogen and oxygen atoms in total. The van der Waals surface area contributed by atoms with Gasteiger partial charge in [-0.2, -0.15) is 0 Å². The Morgan fingerprint density at radius 3 is 2.00 bits per heavy atom. The van der Waals surface area contributed by atoms with Crippen LogP contribution < -0.4 is 0 Å². The van der Waals surface area contributed by atoms with Gasteiger partial charge in [-0.05, 0) is 71.2 Å². The molecule has 0 aromatic heterocycles. The van der Waals surface area contributed by atoms with Crippen LogP contribution in [0.3, 0.4) is 0 Å². The van der Waals surface area contributed by atoms with Crippen molar-refractivity contribution in [1.29, 1.82) is 0 Å². The fourth-order valence-corrected chi connectivity index (χ4v) is 4.80. The van der Waals surface area contributed by atoms with Gasteiger partial charge in [-0.15, -0.1) is 4.91 Å². The SMILES string of the molecule is CC1CC(C)(C)CC(c2ccc(O)cc2)(c2ccc(N=O)cc2)C1. The Kier molecular flexibility index (Phi) is 4.20. The van der Waals surface area contributed by atoms with Crippen molar-refractivity contribution in [2.24, 2.45) is 16.5 Å². The van der Waals surface area contributed by atoms with Crippen LogP contribution in [0.15, 0.2) is 53.7 Å². The molecule has 0 bridgehead atoms. The van der Waals surface area contributed by atoms with Crippen LogP contribution in [0.1, 0.15) is 51.2 Å². The van der Waals surface area contributed by atoms with E-state index in [0.29, 0.717) is 11.6 Å². The number of nitroso groups, excluding NO2 is 1. The number of benzene rings is 2. The molecule has 2 aromatic rings. The second kappa shape index (κ2) is 6.04. The van der Waals surface area contributed by atoms with Gasteiger partial charge in [0.15, 0.2) is 0 Å². The third-order valence-electron chi connectivity index (χ3n) is 5.32. The number of aromatic hydroxyl groups is 1. The minimum absolute atomic E-state index is 0.101. The number of phenolic OH excluding ortho intramolecular Hbond substituents is 1. The molecular weight excluding hydrogens is 298 g/mol. The minimum atomic E-state index is -0.101. The van der Waals surface area contributed by atoms with Gasteiger partial charge in [0.2, 0.25) is 0 Å². The van der Waals surface area contributed by atoms with Gasteiger partial charge in [0.25, 0.3) is 0 Å². The molecule has 3 rings (SSSR count). The van der Waals surface area contributed by atoms with Crippen molar-refractivity contribution in [3.63, 3.8) is 0 Å². The monoisotopic (exact) mass is 323 g/mol. The van der Waals surface area contributed by atoms with Gasteiger partial charge in [0, 0.05) is 5.41 Å². The molecule has 2 unspecified atom stereocenters. The van der Waals surface area contributed by atoms with Crippen molar-refractivity contribution in [1.82, 2.24) is 0 Å². The predicted octanol–water partition coefficient (Wildman–Crippen LogP) is 5.92. The topological polar surface area (TPSA) is 49.7 Å². The fraction of sp³-hybridized carbons (Fsp3) is 0.429. The standard InChI is InChI=1S/C21H25NO2/c1-15-12-20(2,3)14-21(13-15,17-6-10-19(23)11-7-17)16-4-8-18(22-24)9-5-16/h4-11,15,23H,12-14H2,1-3H3. The van der Waals surface area contributed by atoms with E-state index in [1.54, 1.807) is 24.3 Å². The van der Waals surface area contributed by atoms with Gasteiger partial charge in [0.05, 0.1) is 0 Å². The quantitative estimate of drug-likeness (QED) is 0.712. The van der Waals surface area contributed by atoms with E-state index in [1.165, 1.54) is 17.5 Å². The maximum Gasteiger partial charge on any atom is 0.115 e. The van der Waals surface area contributed by atoms with E-state index in [0.717, 1.165) is 12.8 Å². The van der Waals surface area contributed by atoms with Crippen molar-refractivity contribution in [2.45, 2.75) is 45.4 Å². The maximum absolute atomic E-state index is 10.8. The zero-order valence-corrected chi connectivity index (χ0v) is 14.6. The van der Waals surface area contributed by atoms with Gasteiger partial charge in [0.1, 0.15) is 11.4 Å². The normalized spacial score (nSPS) is 26.0. The summed E-state index contributed by atoms with van der Waals surface area (Å²) in [5, 5.41) is 12.7. The predicted molar refractivity (Wildman–Crippen MR) is 97.6 cm³/mol. The van der Waals surface area contributed by atoms with Crippen LogP contribution in [0.5, 0.6) is 5.75 Å². The molecule has 0 aliphatic heterocycles. The van der Waals surface area contributed by atoms with Crippen molar-refractivity contribution in [3.8, 4) is 5.75 Å². The third kappa shape index (κ3) is 3.08. The van der Waals surface area contributed by atoms with Crippen molar-refractivity contribution in [2.75, 3.05) is 0 Å². The fourth-order valence-electron chi connectivity index (χ4n) is 4.80. The highest BCUT2D eigenvalue weighted by molar-refractivity contribution is 5.47. The molecular formula is C21H25NO2. The summed E-state index contributed by atoms with van der Waals surface area (Å²) in [6, 6.07) is 15.3. The van der Waals surface area contributed by atoms with Crippen molar-refractivity contribution >= 4 is 5.69 Å². The van der Waals surface area contributed by atoms with E-state index in [9.17, 15) is 10.0 Å². The highest BCUT2D eigenvalue weighted by Gasteiger charge is 2.45. The summed E-state index contributed by atoms with van der Waals surface area (Å²) in [7, 11) is 0. The summed E-state index contributed by atoms with van der Waals surface area (Å²) in [6.45, 7) is 6.98. The summed E-state index contributed by atoms with van der Waals surface area (Å²) < 4.78 is 0. The molecule has 0 heterocycles. The lowest BCUT2D eigenvalue weighted by molar-refractivity contribution is 0.127. The molecule has 0 spiro atoms. The highest BCUT2D eigenvalue weighted by Crippen LogP contribution is 2.53. The zero-order valence-electron chi connectivity index (χ0n) is 14.6. The zero-order chi connectivity index (χ0) is 17.4. The Labute approximate surface area is 143 Å². The molecule has 2 aromatic carbocycles. The number of nitrogens with zero attached hydrogens (tertiary/aromatic N) is 1. The highest BCUT2D eigenvalue weighted by atomic mass is 16.3. The van der Waals surface area contributed by atoms with Crippen LogP contribution in [-0.4, -0.2) is 5.11 Å². The van der Waals surface area contributed by atoms with Crippen LogP contribution in [0.2, 0.25) is 0 Å². The summed E-state index contributed by atoms with van der Waals surface area (Å²) in [5.74, 6) is 0.893. The van der Waals surface area contributed by atoms with Crippen LogP contribution in [-0.2, 0) is 5.41 Å². The van der Waals surface area contributed by atoms with Gasteiger partial charge >= 0.3 is 0 Å². The van der Waals surface area contributed by atoms with E-state index in [-0.39, 0.29) is 16.6 Å². The molecule has 1 aliphatic carbocycles. The van der Waals surface area contributed by atoms with E-state index in [2.05, 4.69) is 25.9 Å². The second-order valence-corrected chi connectivity index (χ2v) is 8.12. The third-order valence-corrected chi connectivity index (χ3v) is 5.32. The van der Waals surface area contributed by atoms with Crippen LogP contribution in [0.25, 0.3) is 0 Å². The summed E-state index contributed by atoms with van der Waals surface area (Å²) in [4.78, 5) is 10.8. The van der Waals surface area contributed by atoms with Crippen LogP contribution >= 0.6 is 0 Å². The smallest absolute Gasteiger partial charge is 0.115 e. The molecule has 1 aliphatic rings. The molecule has 0 amide bonds. The molecule has 2 atom stereocenters. The van der Waals surface area contributed by atoms with Crippen molar-refractivity contribution < 1.29 is 5.11 Å². The maximum atomic E-state index is 10.8. The van der Waals surface area contributed by atoms with Gasteiger partial charge in [-0.3, -0.25) is 0 Å². The molecule has 0 radical (unpaired) electrons. The molecule has 1 saturated carbocycles. The second-order valence-electron chi connectivity index (χ2n) is 8.12. The Morgan fingerprint density at radius 2 is 1.50 bits per heavy atom. The molecule has 126 valence electrons. The number of hydrogen-bond acceptors (Lipinski definition) is 3. The molecule has 3 heteroatoms. The molecule has 1 fully saturated rings. The van der Waals surface area contributed by atoms with E-state index >= 15 is 0 Å². The minimum Gasteiger partial charge on any atom is -0.508 e. The van der Waals surface area contributed by atoms with Gasteiger partial charge < -0.3 is 5.11 Å². The van der Waals surface area contributed by atoms with E-state index in [4.69, 9.17) is 0 Å². The van der Waals surface area contributed by atoms with E-state index < -0.39 is 0 Å². The lowest BCUT2D eigenvalue weighted by atomic mass is 9.55. The molecule has 0 saturated heterocycles. The number of rotatable bonds is 3. The number of phenols is 1. The first-order chi connectivity index (χ1) is 11.3. The molecule has 24 heavy (non-hydrogen) atoms. The number of hydrogen-bond donors (Lipinski definition) is 1. The lowest BCUT2D eigenvalue weighted by Crippen LogP contribution is -2.41. The summed E-state index contributed by atoms with van der Waals surface area (Å²) >= 11 is 0. The first-order valence-electron chi connectivity index (χ1n) is 8.58. The van der Waals surface area contributed by atoms with Gasteiger partial charge in [-0.1, -0.05) is 45.0 Å². The van der Waals surface area contributed by atoms with Crippen LogP contribution in [0, 0.1) is 16.2 Å². The average Bonchev–Trinajstić information content (AvgIpc) is 2.53. The molecule has 1 N–H and O–H groups in total. The van der Waals surface area contributed by atoms with Crippen molar-refractivity contribution in [3.05, 3.63) is 64.6 Å². The Hall–Kier alpha value is -2.16.